The fourth-order valence-corrected chi connectivity index (χ4v) is 5.08. The number of nitrogens with zero attached hydrogens (tertiary/aromatic N) is 5. The number of hydrogen-bond donors (Lipinski definition) is 1. The van der Waals surface area contributed by atoms with Gasteiger partial charge in [-0.2, -0.15) is 5.10 Å². The average molecular weight is 407 g/mol. The summed E-state index contributed by atoms with van der Waals surface area (Å²) in [6, 6.07) is 10.9. The number of aryl methyl sites for hydroxylation is 1. The fraction of sp³-hybridized carbons (Fsp3) is 0.435. The molecule has 3 aromatic rings. The van der Waals surface area contributed by atoms with Gasteiger partial charge in [-0.3, -0.25) is 4.68 Å². The maximum Gasteiger partial charge on any atom is 0.151 e. The molecule has 1 N–H and O–H groups in total. The lowest BCUT2D eigenvalue weighted by Gasteiger charge is -2.38. The second-order valence-electron chi connectivity index (χ2n) is 8.68. The molecule has 2 saturated carbocycles. The van der Waals surface area contributed by atoms with Crippen LogP contribution in [0.4, 0.5) is 10.2 Å². The largest absolute Gasteiger partial charge is 0.507 e. The summed E-state index contributed by atoms with van der Waals surface area (Å²) in [7, 11) is 3.76. The maximum atomic E-state index is 14.9. The number of anilines is 1. The Morgan fingerprint density at radius 1 is 1.07 bits per heavy atom. The van der Waals surface area contributed by atoms with Gasteiger partial charge in [-0.15, -0.1) is 10.2 Å². The minimum atomic E-state index is -0.807. The van der Waals surface area contributed by atoms with E-state index in [-0.39, 0.29) is 17.7 Å². The van der Waals surface area contributed by atoms with E-state index in [4.69, 9.17) is 0 Å². The van der Waals surface area contributed by atoms with Crippen LogP contribution in [-0.4, -0.2) is 44.3 Å². The lowest BCUT2D eigenvalue weighted by atomic mass is 9.83. The number of aromatic hydroxyl groups is 1. The highest BCUT2D eigenvalue weighted by Crippen LogP contribution is 2.45. The molecule has 2 aromatic heterocycles. The number of hydrogen-bond acceptors (Lipinski definition) is 5. The molecule has 1 aromatic carbocycles. The number of fused-ring (bicyclic) bond motifs is 2. The molecular formula is C23H26FN5O. The van der Waals surface area contributed by atoms with E-state index in [1.54, 1.807) is 10.7 Å². The highest BCUT2D eigenvalue weighted by atomic mass is 19.1. The summed E-state index contributed by atoms with van der Waals surface area (Å²) < 4.78 is 16.6. The van der Waals surface area contributed by atoms with Crippen molar-refractivity contribution in [1.29, 1.82) is 0 Å². The molecule has 5 rings (SSSR count). The number of benzene rings is 1. The fourth-order valence-electron chi connectivity index (χ4n) is 5.08. The van der Waals surface area contributed by atoms with Crippen molar-refractivity contribution in [3.8, 4) is 28.3 Å². The van der Waals surface area contributed by atoms with E-state index >= 15 is 0 Å². The highest BCUT2D eigenvalue weighted by Gasteiger charge is 2.44. The standard InChI is InChI=1S/C23H26FN5O/c1-28-10-9-18(27-28)15-5-6-17(21(30)13-15)19-7-8-22(26-25-19)29(2)20-12-14-3-4-16(11-14)23(20)24/h5-10,13-14,16,20,23,30H,3-4,11-12H2,1-2H3/t14-,16+,20+,23-/m0/s1. The molecule has 2 fully saturated rings. The highest BCUT2D eigenvalue weighted by molar-refractivity contribution is 5.73. The predicted molar refractivity (Wildman–Crippen MR) is 114 cm³/mol. The third-order valence-electron chi connectivity index (χ3n) is 6.77. The SMILES string of the molecule is CN(c1ccc(-c2ccc(-c3ccn(C)n3)cc2O)nn1)[C@@H]1C[C@H]2CC[C@H](C2)[C@@H]1F. The summed E-state index contributed by atoms with van der Waals surface area (Å²) in [5.74, 6) is 1.62. The van der Waals surface area contributed by atoms with E-state index in [9.17, 15) is 9.50 Å². The Bertz CT molecular complexity index is 1050. The Morgan fingerprint density at radius 2 is 1.93 bits per heavy atom. The predicted octanol–water partition coefficient (Wildman–Crippen LogP) is 4.21. The molecule has 2 bridgehead atoms. The van der Waals surface area contributed by atoms with Crippen LogP contribution in [0, 0.1) is 11.8 Å². The number of aromatic nitrogens is 4. The molecule has 6 nitrogen and oxygen atoms in total. The van der Waals surface area contributed by atoms with Crippen LogP contribution in [0.1, 0.15) is 25.7 Å². The van der Waals surface area contributed by atoms with Crippen molar-refractivity contribution in [3.63, 3.8) is 0 Å². The summed E-state index contributed by atoms with van der Waals surface area (Å²) in [5, 5.41) is 23.6. The van der Waals surface area contributed by atoms with Crippen molar-refractivity contribution in [2.45, 2.75) is 37.9 Å². The zero-order valence-electron chi connectivity index (χ0n) is 17.2. The van der Waals surface area contributed by atoms with Gasteiger partial charge in [0.25, 0.3) is 0 Å². The Labute approximate surface area is 175 Å². The Hall–Kier alpha value is -2.96. The first-order valence-electron chi connectivity index (χ1n) is 10.5. The zero-order chi connectivity index (χ0) is 20.8. The molecule has 0 amide bonds. The van der Waals surface area contributed by atoms with E-state index in [0.717, 1.165) is 36.9 Å². The molecule has 4 atom stereocenters. The van der Waals surface area contributed by atoms with Gasteiger partial charge in [0.15, 0.2) is 5.82 Å². The van der Waals surface area contributed by atoms with E-state index in [1.165, 1.54) is 0 Å². The van der Waals surface area contributed by atoms with Crippen molar-refractivity contribution in [1.82, 2.24) is 20.0 Å². The van der Waals surface area contributed by atoms with Crippen molar-refractivity contribution >= 4 is 5.82 Å². The van der Waals surface area contributed by atoms with Gasteiger partial charge in [0.05, 0.1) is 17.4 Å². The summed E-state index contributed by atoms with van der Waals surface area (Å²) in [6.45, 7) is 0. The van der Waals surface area contributed by atoms with Crippen molar-refractivity contribution in [2.24, 2.45) is 18.9 Å². The number of halogens is 1. The van der Waals surface area contributed by atoms with Crippen LogP contribution in [0.5, 0.6) is 5.75 Å². The van der Waals surface area contributed by atoms with E-state index in [0.29, 0.717) is 23.0 Å². The first-order valence-corrected chi connectivity index (χ1v) is 10.5. The minimum absolute atomic E-state index is 0.126. The Balaban J connectivity index is 1.36. The summed E-state index contributed by atoms with van der Waals surface area (Å²) >= 11 is 0. The number of alkyl halides is 1. The van der Waals surface area contributed by atoms with E-state index in [2.05, 4.69) is 15.3 Å². The number of rotatable bonds is 4. The lowest BCUT2D eigenvalue weighted by Crippen LogP contribution is -2.46. The molecule has 0 unspecified atom stereocenters. The smallest absolute Gasteiger partial charge is 0.151 e. The molecule has 0 spiro atoms. The van der Waals surface area contributed by atoms with Gasteiger partial charge in [0, 0.05) is 31.4 Å². The van der Waals surface area contributed by atoms with Gasteiger partial charge in [-0.1, -0.05) is 6.07 Å². The molecule has 2 aliphatic carbocycles. The molecule has 0 radical (unpaired) electrons. The normalized spacial score (nSPS) is 25.4. The van der Waals surface area contributed by atoms with Gasteiger partial charge in [-0.25, -0.2) is 4.39 Å². The first-order chi connectivity index (χ1) is 14.5. The minimum Gasteiger partial charge on any atom is -0.507 e. The van der Waals surface area contributed by atoms with Crippen LogP contribution >= 0.6 is 0 Å². The van der Waals surface area contributed by atoms with Crippen LogP contribution in [0.3, 0.4) is 0 Å². The van der Waals surface area contributed by atoms with Gasteiger partial charge < -0.3 is 10.0 Å². The molecule has 30 heavy (non-hydrogen) atoms. The van der Waals surface area contributed by atoms with Crippen LogP contribution in [0.2, 0.25) is 0 Å². The van der Waals surface area contributed by atoms with Crippen molar-refractivity contribution < 1.29 is 9.50 Å². The molecule has 2 aliphatic rings. The summed E-state index contributed by atoms with van der Waals surface area (Å²) in [4.78, 5) is 1.94. The van der Waals surface area contributed by atoms with Crippen LogP contribution in [0.15, 0.2) is 42.6 Å². The molecule has 7 heteroatoms. The second-order valence-corrected chi connectivity index (χ2v) is 8.68. The lowest BCUT2D eigenvalue weighted by molar-refractivity contribution is 0.144. The van der Waals surface area contributed by atoms with Crippen LogP contribution in [-0.2, 0) is 7.05 Å². The Kier molecular flexibility index (Phi) is 4.68. The van der Waals surface area contributed by atoms with E-state index < -0.39 is 6.17 Å². The molecular weight excluding hydrogens is 381 g/mol. The maximum absolute atomic E-state index is 14.9. The molecule has 2 heterocycles. The average Bonchev–Trinajstić information content (AvgIpc) is 3.37. The number of phenols is 1. The quantitative estimate of drug-likeness (QED) is 0.702. The molecule has 156 valence electrons. The van der Waals surface area contributed by atoms with Gasteiger partial charge in [-0.05, 0) is 67.9 Å². The van der Waals surface area contributed by atoms with Crippen molar-refractivity contribution in [3.05, 3.63) is 42.6 Å². The summed E-state index contributed by atoms with van der Waals surface area (Å²) in [5.41, 5.74) is 2.82. The second kappa shape index (κ2) is 7.38. The molecule has 0 aliphatic heterocycles. The topological polar surface area (TPSA) is 67.1 Å². The monoisotopic (exact) mass is 407 g/mol. The van der Waals surface area contributed by atoms with Crippen LogP contribution in [0.25, 0.3) is 22.5 Å². The molecule has 0 saturated heterocycles. The van der Waals surface area contributed by atoms with Gasteiger partial charge >= 0.3 is 0 Å². The zero-order valence-corrected chi connectivity index (χ0v) is 17.2. The third kappa shape index (κ3) is 3.32. The number of phenolic OH excluding ortho intramolecular Hbond substituents is 1. The first kappa shape index (κ1) is 19.0. The van der Waals surface area contributed by atoms with Gasteiger partial charge in [0.2, 0.25) is 0 Å². The Morgan fingerprint density at radius 3 is 2.63 bits per heavy atom. The third-order valence-corrected chi connectivity index (χ3v) is 6.77. The van der Waals surface area contributed by atoms with Crippen LogP contribution < -0.4 is 4.90 Å². The van der Waals surface area contributed by atoms with Crippen molar-refractivity contribution in [2.75, 3.05) is 11.9 Å². The van der Waals surface area contributed by atoms with Gasteiger partial charge in [0.1, 0.15) is 11.9 Å². The van der Waals surface area contributed by atoms with E-state index in [1.807, 2.05) is 55.5 Å². The summed E-state index contributed by atoms with van der Waals surface area (Å²) in [6.07, 6.45) is 5.12.